The molecule has 94 valence electrons. The first-order valence-corrected chi connectivity index (χ1v) is 5.63. The van der Waals surface area contributed by atoms with Gasteiger partial charge < -0.3 is 5.32 Å². The van der Waals surface area contributed by atoms with Gasteiger partial charge >= 0.3 is 0 Å². The minimum Gasteiger partial charge on any atom is -0.340 e. The summed E-state index contributed by atoms with van der Waals surface area (Å²) in [7, 11) is 0. The van der Waals surface area contributed by atoms with Gasteiger partial charge in [-0.25, -0.2) is 0 Å². The minimum absolute atomic E-state index is 0.239. The van der Waals surface area contributed by atoms with Crippen molar-refractivity contribution in [3.05, 3.63) is 29.6 Å². The first kappa shape index (κ1) is 12.2. The van der Waals surface area contributed by atoms with Crippen molar-refractivity contribution in [2.75, 3.05) is 0 Å². The summed E-state index contributed by atoms with van der Waals surface area (Å²) in [4.78, 5) is 38.3. The van der Waals surface area contributed by atoms with Gasteiger partial charge in [0.15, 0.2) is 0 Å². The second-order valence-electron chi connectivity index (χ2n) is 4.17. The molecule has 18 heavy (non-hydrogen) atoms. The van der Waals surface area contributed by atoms with Crippen LogP contribution in [-0.2, 0) is 9.59 Å². The number of aryl methyl sites for hydroxylation is 1. The Morgan fingerprint density at radius 3 is 2.83 bits per heavy atom. The van der Waals surface area contributed by atoms with Crippen LogP contribution in [0.1, 0.15) is 28.9 Å². The third-order valence-electron chi connectivity index (χ3n) is 2.72. The number of pyridine rings is 1. The maximum Gasteiger partial charge on any atom is 0.253 e. The Bertz CT molecular complexity index is 496. The largest absolute Gasteiger partial charge is 0.340 e. The Morgan fingerprint density at radius 2 is 2.22 bits per heavy atom. The first-order chi connectivity index (χ1) is 8.56. The van der Waals surface area contributed by atoms with Gasteiger partial charge in [-0.3, -0.25) is 24.7 Å². The highest BCUT2D eigenvalue weighted by atomic mass is 16.2. The molecule has 1 fully saturated rings. The van der Waals surface area contributed by atoms with E-state index in [-0.39, 0.29) is 18.2 Å². The SMILES string of the molecule is Cc1ccc(C(=O)NC2CCC(=O)NC2=O)cn1. The number of nitrogens with zero attached hydrogens (tertiary/aromatic N) is 1. The summed E-state index contributed by atoms with van der Waals surface area (Å²) in [5, 5.41) is 4.77. The van der Waals surface area contributed by atoms with Crippen LogP contribution in [0, 0.1) is 6.92 Å². The number of piperidine rings is 1. The lowest BCUT2D eigenvalue weighted by atomic mass is 10.1. The van der Waals surface area contributed by atoms with E-state index < -0.39 is 11.9 Å². The van der Waals surface area contributed by atoms with E-state index in [1.165, 1.54) is 6.20 Å². The maximum atomic E-state index is 11.8. The zero-order valence-electron chi connectivity index (χ0n) is 9.90. The highest BCUT2D eigenvalue weighted by Crippen LogP contribution is 2.06. The summed E-state index contributed by atoms with van der Waals surface area (Å²) in [5.41, 5.74) is 1.21. The molecule has 0 bridgehead atoms. The van der Waals surface area contributed by atoms with Crippen LogP contribution < -0.4 is 10.6 Å². The van der Waals surface area contributed by atoms with E-state index in [2.05, 4.69) is 15.6 Å². The van der Waals surface area contributed by atoms with E-state index in [9.17, 15) is 14.4 Å². The molecule has 0 saturated carbocycles. The van der Waals surface area contributed by atoms with Crippen molar-refractivity contribution < 1.29 is 14.4 Å². The summed E-state index contributed by atoms with van der Waals surface area (Å²) >= 11 is 0. The lowest BCUT2D eigenvalue weighted by Crippen LogP contribution is -2.52. The number of amides is 3. The Kier molecular flexibility index (Phi) is 3.36. The van der Waals surface area contributed by atoms with Gasteiger partial charge in [-0.15, -0.1) is 0 Å². The second kappa shape index (κ2) is 4.95. The molecular weight excluding hydrogens is 234 g/mol. The van der Waals surface area contributed by atoms with E-state index in [0.717, 1.165) is 5.69 Å². The van der Waals surface area contributed by atoms with Crippen LogP contribution in [0.3, 0.4) is 0 Å². The van der Waals surface area contributed by atoms with Crippen molar-refractivity contribution in [2.45, 2.75) is 25.8 Å². The predicted octanol–water partition coefficient (Wildman–Crippen LogP) is -0.0750. The molecular formula is C12H13N3O3. The Balaban J connectivity index is 2.01. The number of hydrogen-bond acceptors (Lipinski definition) is 4. The van der Waals surface area contributed by atoms with Gasteiger partial charge in [0.1, 0.15) is 6.04 Å². The molecule has 6 heteroatoms. The molecule has 1 atom stereocenters. The fourth-order valence-electron chi connectivity index (χ4n) is 1.67. The van der Waals surface area contributed by atoms with Crippen molar-refractivity contribution in [3.63, 3.8) is 0 Å². The van der Waals surface area contributed by atoms with Crippen molar-refractivity contribution in [1.82, 2.24) is 15.6 Å². The topological polar surface area (TPSA) is 88.2 Å². The van der Waals surface area contributed by atoms with Crippen LogP contribution in [0.15, 0.2) is 18.3 Å². The van der Waals surface area contributed by atoms with Gasteiger partial charge in [-0.2, -0.15) is 0 Å². The molecule has 0 aromatic carbocycles. The van der Waals surface area contributed by atoms with Gasteiger partial charge in [0.2, 0.25) is 11.8 Å². The molecule has 0 aliphatic carbocycles. The second-order valence-corrected chi connectivity index (χ2v) is 4.17. The quantitative estimate of drug-likeness (QED) is 0.716. The maximum absolute atomic E-state index is 11.8. The summed E-state index contributed by atoms with van der Waals surface area (Å²) in [6.45, 7) is 1.82. The lowest BCUT2D eigenvalue weighted by molar-refractivity contribution is -0.134. The minimum atomic E-state index is -0.656. The smallest absolute Gasteiger partial charge is 0.253 e. The number of imide groups is 1. The van der Waals surface area contributed by atoms with Crippen molar-refractivity contribution >= 4 is 17.7 Å². The Hall–Kier alpha value is -2.24. The molecule has 0 spiro atoms. The predicted molar refractivity (Wildman–Crippen MR) is 62.6 cm³/mol. The molecule has 2 N–H and O–H groups in total. The number of carbonyl (C=O) groups excluding carboxylic acids is 3. The molecule has 0 radical (unpaired) electrons. The van der Waals surface area contributed by atoms with E-state index >= 15 is 0 Å². The summed E-state index contributed by atoms with van der Waals surface area (Å²) < 4.78 is 0. The van der Waals surface area contributed by atoms with Crippen LogP contribution in [0.2, 0.25) is 0 Å². The Labute approximate surface area is 104 Å². The van der Waals surface area contributed by atoms with Gasteiger partial charge in [0.05, 0.1) is 5.56 Å². The average Bonchev–Trinajstić information content (AvgIpc) is 2.33. The molecule has 1 aromatic heterocycles. The molecule has 6 nitrogen and oxygen atoms in total. The molecule has 1 saturated heterocycles. The van der Waals surface area contributed by atoms with Crippen LogP contribution in [0.4, 0.5) is 0 Å². The molecule has 1 aromatic rings. The van der Waals surface area contributed by atoms with Gasteiger partial charge in [0.25, 0.3) is 5.91 Å². The van der Waals surface area contributed by atoms with Gasteiger partial charge in [0, 0.05) is 18.3 Å². The lowest BCUT2D eigenvalue weighted by Gasteiger charge is -2.21. The fourth-order valence-corrected chi connectivity index (χ4v) is 1.67. The first-order valence-electron chi connectivity index (χ1n) is 5.63. The van der Waals surface area contributed by atoms with E-state index in [0.29, 0.717) is 12.0 Å². The third kappa shape index (κ3) is 2.71. The number of hydrogen-bond donors (Lipinski definition) is 2. The van der Waals surface area contributed by atoms with Gasteiger partial charge in [-0.05, 0) is 25.5 Å². The molecule has 3 amide bonds. The van der Waals surface area contributed by atoms with Crippen LogP contribution >= 0.6 is 0 Å². The standard InChI is InChI=1S/C12H13N3O3/c1-7-2-3-8(6-13-7)11(17)14-9-4-5-10(16)15-12(9)18/h2-3,6,9H,4-5H2,1H3,(H,14,17)(H,15,16,18). The van der Waals surface area contributed by atoms with E-state index in [1.54, 1.807) is 12.1 Å². The van der Waals surface area contributed by atoms with E-state index in [4.69, 9.17) is 0 Å². The number of aromatic nitrogens is 1. The monoisotopic (exact) mass is 247 g/mol. The summed E-state index contributed by atoms with van der Waals surface area (Å²) in [6.07, 6.45) is 2.02. The summed E-state index contributed by atoms with van der Waals surface area (Å²) in [6, 6.07) is 2.71. The van der Waals surface area contributed by atoms with Gasteiger partial charge in [-0.1, -0.05) is 0 Å². The highest BCUT2D eigenvalue weighted by Gasteiger charge is 2.27. The normalized spacial score (nSPS) is 19.3. The molecule has 1 aliphatic heterocycles. The number of rotatable bonds is 2. The highest BCUT2D eigenvalue weighted by molar-refractivity contribution is 6.03. The fraction of sp³-hybridized carbons (Fsp3) is 0.333. The van der Waals surface area contributed by atoms with Crippen LogP contribution in [-0.4, -0.2) is 28.7 Å². The van der Waals surface area contributed by atoms with Crippen molar-refractivity contribution in [1.29, 1.82) is 0 Å². The molecule has 2 heterocycles. The number of nitrogens with one attached hydrogen (secondary N) is 2. The molecule has 1 unspecified atom stereocenters. The average molecular weight is 247 g/mol. The summed E-state index contributed by atoms with van der Waals surface area (Å²) in [5.74, 6) is -1.13. The van der Waals surface area contributed by atoms with Crippen LogP contribution in [0.25, 0.3) is 0 Å². The van der Waals surface area contributed by atoms with Crippen molar-refractivity contribution in [2.24, 2.45) is 0 Å². The zero-order valence-corrected chi connectivity index (χ0v) is 9.90. The molecule has 2 rings (SSSR count). The molecule has 1 aliphatic rings. The third-order valence-corrected chi connectivity index (χ3v) is 2.72. The Morgan fingerprint density at radius 1 is 1.44 bits per heavy atom. The van der Waals surface area contributed by atoms with E-state index in [1.807, 2.05) is 6.92 Å². The number of carbonyl (C=O) groups is 3. The van der Waals surface area contributed by atoms with Crippen molar-refractivity contribution in [3.8, 4) is 0 Å². The zero-order chi connectivity index (χ0) is 13.1. The van der Waals surface area contributed by atoms with Crippen LogP contribution in [0.5, 0.6) is 0 Å².